The molecule has 2 N–H and O–H groups in total. The first-order valence-electron chi connectivity index (χ1n) is 10.8. The molecule has 0 spiro atoms. The smallest absolute Gasteiger partial charge is 0.305 e. The second kappa shape index (κ2) is 20.0. The molecule has 0 saturated carbocycles. The first-order chi connectivity index (χ1) is 15.2. The van der Waals surface area contributed by atoms with Gasteiger partial charge in [-0.2, -0.15) is 0 Å². The highest BCUT2D eigenvalue weighted by Gasteiger charge is 2.00. The molecule has 0 atom stereocenters. The van der Waals surface area contributed by atoms with E-state index in [1.54, 1.807) is 6.07 Å². The van der Waals surface area contributed by atoms with Gasteiger partial charge < -0.3 is 38.9 Å². The molecule has 0 unspecified atom stereocenters. The van der Waals surface area contributed by atoms with Crippen LogP contribution in [-0.2, 0) is 33.2 Å². The van der Waals surface area contributed by atoms with Crippen LogP contribution in [0.5, 0.6) is 5.75 Å². The number of para-hydroxylation sites is 2. The summed E-state index contributed by atoms with van der Waals surface area (Å²) in [5, 5.41) is 0. The number of carbonyl (C=O) groups is 1. The molecule has 0 radical (unpaired) electrons. The molecule has 0 heterocycles. The average Bonchev–Trinajstić information content (AvgIpc) is 2.76. The normalized spacial score (nSPS) is 10.9. The first kappa shape index (κ1) is 27.1. The van der Waals surface area contributed by atoms with Crippen LogP contribution >= 0.6 is 0 Å². The molecule has 0 aliphatic rings. The lowest BCUT2D eigenvalue weighted by Crippen LogP contribution is -2.15. The van der Waals surface area contributed by atoms with E-state index in [0.29, 0.717) is 90.5 Å². The van der Waals surface area contributed by atoms with Gasteiger partial charge in [0.25, 0.3) is 0 Å². The van der Waals surface area contributed by atoms with E-state index in [9.17, 15) is 4.79 Å². The van der Waals surface area contributed by atoms with Crippen LogP contribution in [0.4, 0.5) is 5.69 Å². The van der Waals surface area contributed by atoms with Crippen LogP contribution in [0.1, 0.15) is 19.8 Å². The highest BCUT2D eigenvalue weighted by Crippen LogP contribution is 2.19. The van der Waals surface area contributed by atoms with Gasteiger partial charge in [-0.05, 0) is 18.6 Å². The first-order valence-corrected chi connectivity index (χ1v) is 10.8. The summed E-state index contributed by atoms with van der Waals surface area (Å²) in [6.45, 7) is 7.41. The minimum Gasteiger partial charge on any atom is -0.489 e. The molecule has 0 aliphatic heterocycles. The zero-order chi connectivity index (χ0) is 22.4. The Morgan fingerprint density at radius 2 is 1.16 bits per heavy atom. The number of benzene rings is 1. The molecule has 0 fully saturated rings. The fourth-order valence-electron chi connectivity index (χ4n) is 2.29. The topological polar surface area (TPSA) is 108 Å². The van der Waals surface area contributed by atoms with E-state index in [2.05, 4.69) is 0 Å². The number of carbonyl (C=O) groups excluding carboxylic acids is 1. The molecule has 0 saturated heterocycles. The van der Waals surface area contributed by atoms with Gasteiger partial charge in [0.05, 0.1) is 71.8 Å². The molecule has 0 aromatic heterocycles. The Morgan fingerprint density at radius 3 is 1.65 bits per heavy atom. The van der Waals surface area contributed by atoms with Gasteiger partial charge in [0.15, 0.2) is 0 Å². The zero-order valence-corrected chi connectivity index (χ0v) is 18.6. The summed E-state index contributed by atoms with van der Waals surface area (Å²) in [5.74, 6) is 0.483. The number of hydrogen-bond acceptors (Lipinski definition) is 9. The Kier molecular flexibility index (Phi) is 17.5. The molecule has 9 nitrogen and oxygen atoms in total. The Balaban J connectivity index is 1.72. The summed E-state index contributed by atoms with van der Waals surface area (Å²) in [7, 11) is 0. The van der Waals surface area contributed by atoms with Crippen molar-refractivity contribution in [3.8, 4) is 5.75 Å². The molecule has 178 valence electrons. The third-order valence-corrected chi connectivity index (χ3v) is 3.84. The van der Waals surface area contributed by atoms with Crippen molar-refractivity contribution in [3.05, 3.63) is 24.3 Å². The van der Waals surface area contributed by atoms with E-state index in [-0.39, 0.29) is 12.6 Å². The molecule has 1 aromatic carbocycles. The van der Waals surface area contributed by atoms with E-state index in [0.717, 1.165) is 6.42 Å². The van der Waals surface area contributed by atoms with Crippen molar-refractivity contribution in [1.29, 1.82) is 0 Å². The van der Waals surface area contributed by atoms with Gasteiger partial charge in [0.2, 0.25) is 0 Å². The molecular weight excluding hydrogens is 406 g/mol. The van der Waals surface area contributed by atoms with Gasteiger partial charge in [0, 0.05) is 6.42 Å². The van der Waals surface area contributed by atoms with Gasteiger partial charge >= 0.3 is 5.97 Å². The van der Waals surface area contributed by atoms with Crippen LogP contribution in [-0.4, -0.2) is 85.3 Å². The fraction of sp³-hybridized carbons (Fsp3) is 0.682. The number of hydrogen-bond donors (Lipinski definition) is 1. The molecular formula is C22H37NO8. The lowest BCUT2D eigenvalue weighted by atomic mass is 10.3. The number of rotatable bonds is 21. The molecule has 31 heavy (non-hydrogen) atoms. The minimum absolute atomic E-state index is 0.185. The van der Waals surface area contributed by atoms with Crippen LogP contribution in [0.3, 0.4) is 0 Å². The van der Waals surface area contributed by atoms with E-state index in [1.165, 1.54) is 0 Å². The molecule has 1 rings (SSSR count). The highest BCUT2D eigenvalue weighted by molar-refractivity contribution is 5.69. The van der Waals surface area contributed by atoms with Crippen LogP contribution in [0.2, 0.25) is 0 Å². The number of esters is 1. The van der Waals surface area contributed by atoms with Crippen molar-refractivity contribution in [3.63, 3.8) is 0 Å². The number of ether oxygens (including phenoxy) is 7. The Labute approximate surface area is 185 Å². The lowest BCUT2D eigenvalue weighted by molar-refractivity contribution is -0.145. The van der Waals surface area contributed by atoms with Gasteiger partial charge in [-0.3, -0.25) is 4.79 Å². The Hall–Kier alpha value is -1.91. The Morgan fingerprint density at radius 1 is 0.710 bits per heavy atom. The van der Waals surface area contributed by atoms with Crippen molar-refractivity contribution in [1.82, 2.24) is 0 Å². The van der Waals surface area contributed by atoms with Crippen molar-refractivity contribution < 1.29 is 38.0 Å². The van der Waals surface area contributed by atoms with Crippen LogP contribution in [0.25, 0.3) is 0 Å². The number of nitrogens with two attached hydrogens (primary N) is 1. The molecule has 0 amide bonds. The largest absolute Gasteiger partial charge is 0.489 e. The summed E-state index contributed by atoms with van der Waals surface area (Å²) in [5.41, 5.74) is 6.41. The van der Waals surface area contributed by atoms with E-state index < -0.39 is 0 Å². The number of anilines is 1. The predicted molar refractivity (Wildman–Crippen MR) is 116 cm³/mol. The van der Waals surface area contributed by atoms with Crippen molar-refractivity contribution in [2.45, 2.75) is 19.8 Å². The van der Waals surface area contributed by atoms with E-state index in [4.69, 9.17) is 38.9 Å². The lowest BCUT2D eigenvalue weighted by Gasteiger charge is -2.09. The van der Waals surface area contributed by atoms with Gasteiger partial charge in [-0.1, -0.05) is 19.1 Å². The van der Waals surface area contributed by atoms with Crippen LogP contribution in [0, 0.1) is 0 Å². The summed E-state index contributed by atoms with van der Waals surface area (Å²) >= 11 is 0. The quantitative estimate of drug-likeness (QED) is 0.173. The highest BCUT2D eigenvalue weighted by atomic mass is 16.6. The van der Waals surface area contributed by atoms with Gasteiger partial charge in [0.1, 0.15) is 19.0 Å². The van der Waals surface area contributed by atoms with E-state index in [1.807, 2.05) is 25.1 Å². The minimum atomic E-state index is -0.185. The van der Waals surface area contributed by atoms with Crippen LogP contribution < -0.4 is 10.5 Å². The number of nitrogen functional groups attached to an aromatic ring is 1. The third-order valence-electron chi connectivity index (χ3n) is 3.84. The summed E-state index contributed by atoms with van der Waals surface area (Å²) < 4.78 is 37.5. The summed E-state index contributed by atoms with van der Waals surface area (Å²) in [6.07, 6.45) is 1.24. The molecule has 0 aliphatic carbocycles. The molecule has 0 bridgehead atoms. The van der Waals surface area contributed by atoms with Crippen molar-refractivity contribution in [2.24, 2.45) is 0 Å². The van der Waals surface area contributed by atoms with Crippen molar-refractivity contribution >= 4 is 11.7 Å². The third kappa shape index (κ3) is 16.5. The molecule has 9 heteroatoms. The van der Waals surface area contributed by atoms with Crippen LogP contribution in [0.15, 0.2) is 24.3 Å². The second-order valence-electron chi connectivity index (χ2n) is 6.42. The van der Waals surface area contributed by atoms with Crippen molar-refractivity contribution in [2.75, 3.05) is 85.0 Å². The Bertz CT molecular complexity index is 558. The maximum absolute atomic E-state index is 11.1. The predicted octanol–water partition coefficient (Wildman–Crippen LogP) is 2.07. The SMILES string of the molecule is CCCC(=O)OCCOCCOCCOCCOCCOCCOc1ccccc1N. The standard InChI is InChI=1S/C22H37NO8/c1-2-5-22(24)31-19-17-29-15-13-27-11-9-25-8-10-26-12-14-28-16-18-30-21-7-4-3-6-20(21)23/h3-4,6-7H,2,5,8-19,23H2,1H3. The zero-order valence-electron chi connectivity index (χ0n) is 18.6. The van der Waals surface area contributed by atoms with Gasteiger partial charge in [-0.15, -0.1) is 0 Å². The summed E-state index contributed by atoms with van der Waals surface area (Å²) in [4.78, 5) is 11.1. The molecule has 1 aromatic rings. The monoisotopic (exact) mass is 443 g/mol. The second-order valence-corrected chi connectivity index (χ2v) is 6.42. The van der Waals surface area contributed by atoms with Gasteiger partial charge in [-0.25, -0.2) is 0 Å². The fourth-order valence-corrected chi connectivity index (χ4v) is 2.29. The maximum atomic E-state index is 11.1. The van der Waals surface area contributed by atoms with E-state index >= 15 is 0 Å². The maximum Gasteiger partial charge on any atom is 0.305 e. The summed E-state index contributed by atoms with van der Waals surface area (Å²) in [6, 6.07) is 7.36. The average molecular weight is 444 g/mol.